The zero-order valence-corrected chi connectivity index (χ0v) is 44.8. The SMILES string of the molecule is Cc1c(-n2c3ccc(-c4cncnc4)cc3c3cc(-c4cncnc4)ccc32)c(-n2c3ccccc3c3ccccc32)c(F)c(-n2c3ccccc3c3ccccc32)c1-n1c2ccc(-c3cncnc3)cc2c2cc(-c3cncnc3)ccc21. The van der Waals surface area contributed by atoms with Gasteiger partial charge in [0.25, 0.3) is 0 Å². The highest BCUT2D eigenvalue weighted by Crippen LogP contribution is 2.49. The lowest BCUT2D eigenvalue weighted by molar-refractivity contribution is 0.611. The third-order valence-corrected chi connectivity index (χ3v) is 16.7. The van der Waals surface area contributed by atoms with E-state index in [-0.39, 0.29) is 0 Å². The van der Waals surface area contributed by atoms with Gasteiger partial charge >= 0.3 is 0 Å². The Morgan fingerprint density at radius 2 is 0.476 bits per heavy atom. The molecule has 0 saturated carbocycles. The normalized spacial score (nSPS) is 11.9. The number of benzene rings is 9. The Labute approximate surface area is 477 Å². The lowest BCUT2D eigenvalue weighted by Gasteiger charge is -2.27. The summed E-state index contributed by atoms with van der Waals surface area (Å²) in [6.07, 6.45) is 20.8. The second kappa shape index (κ2) is 18.5. The maximum absolute atomic E-state index is 21.0. The molecule has 0 fully saturated rings. The molecule has 8 heterocycles. The van der Waals surface area contributed by atoms with Crippen molar-refractivity contribution in [1.29, 1.82) is 0 Å². The van der Waals surface area contributed by atoms with Gasteiger partial charge in [-0.3, -0.25) is 0 Å². The number of halogens is 1. The molecule has 84 heavy (non-hydrogen) atoms. The second-order valence-electron chi connectivity index (χ2n) is 21.2. The molecule has 0 bridgehead atoms. The van der Waals surface area contributed by atoms with Gasteiger partial charge in [-0.1, -0.05) is 97.1 Å². The van der Waals surface area contributed by atoms with Crippen LogP contribution in [-0.2, 0) is 0 Å². The van der Waals surface area contributed by atoms with Gasteiger partial charge in [0.2, 0.25) is 0 Å². The molecule has 9 aromatic carbocycles. The van der Waals surface area contributed by atoms with Crippen LogP contribution in [0.1, 0.15) is 5.56 Å². The van der Waals surface area contributed by atoms with Crippen molar-refractivity contribution in [3.8, 4) is 67.3 Å². The predicted molar refractivity (Wildman–Crippen MR) is 333 cm³/mol. The molecule has 0 atom stereocenters. The Bertz CT molecular complexity index is 4880. The standard InChI is InChI=1S/C71H43FN12/c1-42-68(81-63-22-18-43(47-30-73-38-74-31-47)26-55(63)56-27-44(19-23-64(56)81)48-32-75-39-76-33-48)70(83-59-14-6-2-10-51(59)52-11-3-7-15-60(52)83)67(72)71(84-61-16-8-4-12-53(61)54-13-5-9-17-62(54)84)69(42)82-65-24-20-45(49-34-77-40-78-35-49)28-57(65)58-29-46(21-25-66(58)82)50-36-79-41-80-37-50/h2-41H,1H3. The Kier molecular flexibility index (Phi) is 10.4. The molecule has 0 spiro atoms. The van der Waals surface area contributed by atoms with Crippen molar-refractivity contribution in [3.05, 3.63) is 256 Å². The highest BCUT2D eigenvalue weighted by molar-refractivity contribution is 6.16. The van der Waals surface area contributed by atoms with Crippen molar-refractivity contribution in [2.75, 3.05) is 0 Å². The van der Waals surface area contributed by atoms with Crippen LogP contribution in [0.3, 0.4) is 0 Å². The summed E-state index contributed by atoms with van der Waals surface area (Å²) in [5.74, 6) is -0.416. The first-order chi connectivity index (χ1) is 41.6. The number of aromatic nitrogens is 12. The molecule has 8 aromatic heterocycles. The van der Waals surface area contributed by atoms with E-state index < -0.39 is 5.82 Å². The fraction of sp³-hybridized carbons (Fsp3) is 0.0141. The summed E-state index contributed by atoms with van der Waals surface area (Å²) in [4.78, 5) is 35.3. The van der Waals surface area contributed by atoms with Crippen LogP contribution < -0.4 is 0 Å². The average molecular weight is 1080 g/mol. The zero-order valence-electron chi connectivity index (χ0n) is 44.8. The van der Waals surface area contributed by atoms with Crippen LogP contribution in [-0.4, -0.2) is 58.1 Å². The van der Waals surface area contributed by atoms with E-state index in [9.17, 15) is 0 Å². The topological polar surface area (TPSA) is 123 Å². The Morgan fingerprint density at radius 3 is 0.738 bits per heavy atom. The summed E-state index contributed by atoms with van der Waals surface area (Å²) in [5.41, 5.74) is 17.1. The minimum Gasteiger partial charge on any atom is -0.307 e. The van der Waals surface area contributed by atoms with Crippen molar-refractivity contribution in [2.24, 2.45) is 0 Å². The van der Waals surface area contributed by atoms with Crippen LogP contribution in [0.4, 0.5) is 4.39 Å². The van der Waals surface area contributed by atoms with Gasteiger partial charge in [0.05, 0.1) is 55.5 Å². The van der Waals surface area contributed by atoms with E-state index >= 15 is 4.39 Å². The van der Waals surface area contributed by atoms with Crippen LogP contribution in [0.2, 0.25) is 0 Å². The molecule has 0 N–H and O–H groups in total. The third-order valence-electron chi connectivity index (χ3n) is 16.7. The smallest absolute Gasteiger partial charge is 0.175 e. The van der Waals surface area contributed by atoms with Gasteiger partial charge in [-0.2, -0.15) is 0 Å². The number of fused-ring (bicyclic) bond motifs is 12. The van der Waals surface area contributed by atoms with E-state index in [1.165, 1.54) is 0 Å². The molecule has 0 radical (unpaired) electrons. The molecule has 0 aliphatic carbocycles. The van der Waals surface area contributed by atoms with Gasteiger partial charge in [-0.25, -0.2) is 44.3 Å². The largest absolute Gasteiger partial charge is 0.307 e. The number of para-hydroxylation sites is 4. The van der Waals surface area contributed by atoms with Crippen LogP contribution in [0.15, 0.2) is 245 Å². The predicted octanol–water partition coefficient (Wildman–Crippen LogP) is 16.4. The van der Waals surface area contributed by atoms with Gasteiger partial charge in [-0.05, 0) is 102 Å². The number of hydrogen-bond donors (Lipinski definition) is 0. The summed E-state index contributed by atoms with van der Waals surface area (Å²) in [5, 5.41) is 7.85. The quantitative estimate of drug-likeness (QED) is 0.147. The molecule has 0 saturated heterocycles. The maximum Gasteiger partial charge on any atom is 0.175 e. The molecular weight excluding hydrogens is 1040 g/mol. The fourth-order valence-corrected chi connectivity index (χ4v) is 13.1. The Balaban J connectivity index is 1.10. The Hall–Kier alpha value is -11.6. The highest BCUT2D eigenvalue weighted by atomic mass is 19.1. The van der Waals surface area contributed by atoms with Gasteiger partial charge < -0.3 is 18.3 Å². The van der Waals surface area contributed by atoms with Crippen LogP contribution in [0.5, 0.6) is 0 Å². The zero-order chi connectivity index (χ0) is 55.6. The Morgan fingerprint density at radius 1 is 0.250 bits per heavy atom. The minimum atomic E-state index is -0.416. The molecule has 17 rings (SSSR count). The van der Waals surface area contributed by atoms with Crippen molar-refractivity contribution in [3.63, 3.8) is 0 Å². The van der Waals surface area contributed by atoms with Crippen molar-refractivity contribution >= 4 is 87.2 Å². The molecule has 0 amide bonds. The van der Waals surface area contributed by atoms with Gasteiger partial charge in [0.1, 0.15) is 36.7 Å². The summed E-state index contributed by atoms with van der Waals surface area (Å²) >= 11 is 0. The summed E-state index contributed by atoms with van der Waals surface area (Å²) < 4.78 is 29.9. The van der Waals surface area contributed by atoms with Gasteiger partial charge in [-0.15, -0.1) is 0 Å². The van der Waals surface area contributed by atoms with E-state index in [1.807, 2.05) is 73.8 Å². The lowest BCUT2D eigenvalue weighted by Crippen LogP contribution is -2.16. The molecular formula is C71H43FN12. The summed E-state index contributed by atoms with van der Waals surface area (Å²) in [7, 11) is 0. The van der Waals surface area contributed by atoms with Gasteiger partial charge in [0, 0.05) is 120 Å². The van der Waals surface area contributed by atoms with Crippen LogP contribution in [0, 0.1) is 12.7 Å². The molecule has 0 aliphatic rings. The summed E-state index contributed by atoms with van der Waals surface area (Å²) in [6, 6.07) is 59.2. The molecule has 13 heteroatoms. The molecule has 17 aromatic rings. The number of nitrogens with zero attached hydrogens (tertiary/aromatic N) is 12. The maximum atomic E-state index is 21.0. The molecule has 394 valence electrons. The van der Waals surface area contributed by atoms with E-state index in [4.69, 9.17) is 0 Å². The van der Waals surface area contributed by atoms with Crippen molar-refractivity contribution in [2.45, 2.75) is 6.92 Å². The van der Waals surface area contributed by atoms with Crippen molar-refractivity contribution < 1.29 is 4.39 Å². The third kappa shape index (κ3) is 6.99. The lowest BCUT2D eigenvalue weighted by atomic mass is 10.0. The van der Waals surface area contributed by atoms with Gasteiger partial charge in [0.15, 0.2) is 5.82 Å². The molecule has 12 nitrogen and oxygen atoms in total. The first kappa shape index (κ1) is 47.3. The van der Waals surface area contributed by atoms with Crippen LogP contribution in [0.25, 0.3) is 154 Å². The van der Waals surface area contributed by atoms with Crippen molar-refractivity contribution in [1.82, 2.24) is 58.1 Å². The van der Waals surface area contributed by atoms with Crippen LogP contribution >= 0.6 is 0 Å². The second-order valence-corrected chi connectivity index (χ2v) is 21.2. The molecule has 0 aliphatic heterocycles. The average Bonchev–Trinajstić information content (AvgIpc) is 1.99. The van der Waals surface area contributed by atoms with E-state index in [0.717, 1.165) is 137 Å². The monoisotopic (exact) mass is 1080 g/mol. The first-order valence-corrected chi connectivity index (χ1v) is 27.6. The fourth-order valence-electron chi connectivity index (χ4n) is 13.1. The molecule has 0 unspecified atom stereocenters. The van der Waals surface area contributed by atoms with E-state index in [1.54, 1.807) is 25.3 Å². The summed E-state index contributed by atoms with van der Waals surface area (Å²) in [6.45, 7) is 2.17. The number of hydrogen-bond acceptors (Lipinski definition) is 8. The van der Waals surface area contributed by atoms with E-state index in [2.05, 4.69) is 211 Å². The van der Waals surface area contributed by atoms with E-state index in [0.29, 0.717) is 22.7 Å². The number of rotatable bonds is 8. The minimum absolute atomic E-state index is 0.392. The highest BCUT2D eigenvalue weighted by Gasteiger charge is 2.33. The first-order valence-electron chi connectivity index (χ1n) is 27.6.